The summed E-state index contributed by atoms with van der Waals surface area (Å²) in [7, 11) is 0. The number of hydrogen-bond acceptors (Lipinski definition) is 4. The Bertz CT molecular complexity index is 1130. The van der Waals surface area contributed by atoms with Crippen molar-refractivity contribution in [3.8, 4) is 23.1 Å². The molecule has 30 heavy (non-hydrogen) atoms. The van der Waals surface area contributed by atoms with Gasteiger partial charge in [-0.1, -0.05) is 43.6 Å². The number of hydrogen-bond donors (Lipinski definition) is 2. The van der Waals surface area contributed by atoms with Crippen LogP contribution in [0.15, 0.2) is 67.1 Å². The van der Waals surface area contributed by atoms with Gasteiger partial charge in [-0.2, -0.15) is 0 Å². The number of nitrogen functional groups attached to an aromatic ring is 1. The van der Waals surface area contributed by atoms with Gasteiger partial charge in [-0.05, 0) is 44.2 Å². The van der Waals surface area contributed by atoms with Crippen molar-refractivity contribution in [3.05, 3.63) is 72.1 Å². The van der Waals surface area contributed by atoms with Crippen molar-refractivity contribution in [2.24, 2.45) is 0 Å². The predicted octanol–water partition coefficient (Wildman–Crippen LogP) is 6.43. The fraction of sp³-hybridized carbons (Fsp3) is 0.167. The topological polar surface area (TPSA) is 68.2 Å². The molecule has 0 aliphatic heterocycles. The maximum atomic E-state index is 6.09. The van der Waals surface area contributed by atoms with E-state index in [1.165, 1.54) is 0 Å². The van der Waals surface area contributed by atoms with Crippen LogP contribution in [-0.2, 0) is 0 Å². The summed E-state index contributed by atoms with van der Waals surface area (Å²) < 4.78 is 1.96. The van der Waals surface area contributed by atoms with Crippen LogP contribution in [0.4, 0.5) is 17.2 Å². The monoisotopic (exact) mass is 419 g/mol. The van der Waals surface area contributed by atoms with Gasteiger partial charge in [0.1, 0.15) is 11.5 Å². The SMILES string of the molecule is CC.CC#CC.Nc1ccc(-c2nc3cnccn3c2Nc2cccc(Cl)c2)cc1. The van der Waals surface area contributed by atoms with Crippen molar-refractivity contribution < 1.29 is 0 Å². The molecule has 2 aromatic carbocycles. The summed E-state index contributed by atoms with van der Waals surface area (Å²) in [5.41, 5.74) is 9.95. The lowest BCUT2D eigenvalue weighted by atomic mass is 10.1. The molecule has 4 rings (SSSR count). The minimum Gasteiger partial charge on any atom is -0.399 e. The number of nitrogens with two attached hydrogens (primary N) is 1. The zero-order chi connectivity index (χ0) is 21.9. The third-order valence-corrected chi connectivity index (χ3v) is 4.19. The smallest absolute Gasteiger partial charge is 0.157 e. The molecule has 0 spiro atoms. The molecule has 4 aromatic rings. The standard InChI is InChI=1S/C18H14ClN5.C4H6.C2H6/c19-13-2-1-3-15(10-13)22-18-17(12-4-6-14(20)7-5-12)23-16-11-21-8-9-24(16)18;1-3-4-2;1-2/h1-11,22H,20H2;1-2H3;1-2H3. The maximum Gasteiger partial charge on any atom is 0.157 e. The van der Waals surface area contributed by atoms with E-state index in [0.717, 1.165) is 28.4 Å². The maximum absolute atomic E-state index is 6.09. The van der Waals surface area contributed by atoms with Gasteiger partial charge < -0.3 is 11.1 Å². The lowest BCUT2D eigenvalue weighted by Crippen LogP contribution is -1.97. The van der Waals surface area contributed by atoms with E-state index < -0.39 is 0 Å². The van der Waals surface area contributed by atoms with Crippen molar-refractivity contribution in [1.29, 1.82) is 0 Å². The molecule has 0 aliphatic rings. The second kappa shape index (κ2) is 11.5. The number of rotatable bonds is 3. The predicted molar refractivity (Wildman–Crippen MR) is 128 cm³/mol. The van der Waals surface area contributed by atoms with Gasteiger partial charge in [-0.15, -0.1) is 11.8 Å². The summed E-state index contributed by atoms with van der Waals surface area (Å²) in [6.07, 6.45) is 5.32. The lowest BCUT2D eigenvalue weighted by molar-refractivity contribution is 1.13. The molecular weight excluding hydrogens is 394 g/mol. The molecule has 0 saturated carbocycles. The summed E-state index contributed by atoms with van der Waals surface area (Å²) in [4.78, 5) is 8.84. The van der Waals surface area contributed by atoms with Gasteiger partial charge in [0.25, 0.3) is 0 Å². The molecule has 154 valence electrons. The molecule has 0 radical (unpaired) electrons. The van der Waals surface area contributed by atoms with Crippen LogP contribution in [0.25, 0.3) is 16.9 Å². The molecule has 0 atom stereocenters. The van der Waals surface area contributed by atoms with Crippen molar-refractivity contribution >= 4 is 34.4 Å². The Morgan fingerprint density at radius 2 is 1.73 bits per heavy atom. The second-order valence-electron chi connectivity index (χ2n) is 5.87. The van der Waals surface area contributed by atoms with E-state index >= 15 is 0 Å². The van der Waals surface area contributed by atoms with Crippen molar-refractivity contribution in [2.75, 3.05) is 11.1 Å². The molecule has 3 N–H and O–H groups in total. The van der Waals surface area contributed by atoms with Crippen LogP contribution in [-0.4, -0.2) is 14.4 Å². The normalized spacial score (nSPS) is 9.37. The van der Waals surface area contributed by atoms with Crippen LogP contribution in [0.2, 0.25) is 5.02 Å². The Morgan fingerprint density at radius 3 is 2.37 bits per heavy atom. The van der Waals surface area contributed by atoms with Crippen LogP contribution >= 0.6 is 11.6 Å². The highest BCUT2D eigenvalue weighted by atomic mass is 35.5. The minimum absolute atomic E-state index is 0.671. The molecule has 0 amide bonds. The summed E-state index contributed by atoms with van der Waals surface area (Å²) >= 11 is 6.09. The van der Waals surface area contributed by atoms with E-state index in [9.17, 15) is 0 Å². The number of halogens is 1. The van der Waals surface area contributed by atoms with Crippen LogP contribution in [0, 0.1) is 11.8 Å². The fourth-order valence-electron chi connectivity index (χ4n) is 2.57. The molecule has 2 heterocycles. The van der Waals surface area contributed by atoms with Crippen molar-refractivity contribution in [3.63, 3.8) is 0 Å². The summed E-state index contributed by atoms with van der Waals surface area (Å²) in [5, 5.41) is 4.08. The Hall–Kier alpha value is -3.49. The third-order valence-electron chi connectivity index (χ3n) is 3.95. The Kier molecular flexibility index (Phi) is 8.74. The molecule has 0 unspecified atom stereocenters. The molecule has 0 saturated heterocycles. The van der Waals surface area contributed by atoms with Gasteiger partial charge in [-0.25, -0.2) is 4.98 Å². The molecule has 6 heteroatoms. The van der Waals surface area contributed by atoms with Gasteiger partial charge in [0.05, 0.1) is 6.20 Å². The van der Waals surface area contributed by atoms with E-state index in [1.54, 1.807) is 12.4 Å². The summed E-state index contributed by atoms with van der Waals surface area (Å²) in [6, 6.07) is 15.2. The first-order chi connectivity index (χ1) is 14.6. The van der Waals surface area contributed by atoms with E-state index in [2.05, 4.69) is 22.1 Å². The summed E-state index contributed by atoms with van der Waals surface area (Å²) in [5.74, 6) is 6.21. The van der Waals surface area contributed by atoms with Crippen molar-refractivity contribution in [2.45, 2.75) is 27.7 Å². The quantitative estimate of drug-likeness (QED) is 0.296. The largest absolute Gasteiger partial charge is 0.399 e. The Morgan fingerprint density at radius 1 is 1.03 bits per heavy atom. The second-order valence-corrected chi connectivity index (χ2v) is 6.31. The van der Waals surface area contributed by atoms with Crippen molar-refractivity contribution in [1.82, 2.24) is 14.4 Å². The number of benzene rings is 2. The number of anilines is 3. The summed E-state index contributed by atoms with van der Waals surface area (Å²) in [6.45, 7) is 7.64. The number of nitrogens with zero attached hydrogens (tertiary/aromatic N) is 3. The van der Waals surface area contributed by atoms with E-state index in [0.29, 0.717) is 10.7 Å². The molecule has 2 aromatic heterocycles. The number of imidazole rings is 1. The first-order valence-electron chi connectivity index (χ1n) is 9.66. The highest BCUT2D eigenvalue weighted by Crippen LogP contribution is 2.31. The van der Waals surface area contributed by atoms with E-state index in [1.807, 2.05) is 86.8 Å². The molecular formula is C24H26ClN5. The molecule has 0 bridgehead atoms. The number of fused-ring (bicyclic) bond motifs is 1. The fourth-order valence-corrected chi connectivity index (χ4v) is 2.76. The van der Waals surface area contributed by atoms with Gasteiger partial charge in [0, 0.05) is 34.4 Å². The van der Waals surface area contributed by atoms with Gasteiger partial charge >= 0.3 is 0 Å². The molecule has 0 fully saturated rings. The van der Waals surface area contributed by atoms with Crippen LogP contribution in [0.5, 0.6) is 0 Å². The zero-order valence-electron chi connectivity index (χ0n) is 17.6. The Labute approximate surface area is 182 Å². The van der Waals surface area contributed by atoms with Gasteiger partial charge in [0.2, 0.25) is 0 Å². The first-order valence-corrected chi connectivity index (χ1v) is 10.0. The average molecular weight is 420 g/mol. The number of aromatic nitrogens is 3. The van der Waals surface area contributed by atoms with Gasteiger partial charge in [0.15, 0.2) is 5.65 Å². The third kappa shape index (κ3) is 5.76. The van der Waals surface area contributed by atoms with E-state index in [4.69, 9.17) is 22.3 Å². The Balaban J connectivity index is 0.000000481. The highest BCUT2D eigenvalue weighted by Gasteiger charge is 2.14. The number of nitrogens with one attached hydrogen (secondary N) is 1. The zero-order valence-corrected chi connectivity index (χ0v) is 18.4. The lowest BCUT2D eigenvalue weighted by Gasteiger charge is -2.09. The van der Waals surface area contributed by atoms with Crippen LogP contribution in [0.3, 0.4) is 0 Å². The first kappa shape index (κ1) is 22.8. The van der Waals surface area contributed by atoms with Crippen LogP contribution < -0.4 is 11.1 Å². The highest BCUT2D eigenvalue weighted by molar-refractivity contribution is 6.30. The average Bonchev–Trinajstić information content (AvgIpc) is 3.14. The minimum atomic E-state index is 0.671. The van der Waals surface area contributed by atoms with Gasteiger partial charge in [-0.3, -0.25) is 9.38 Å². The van der Waals surface area contributed by atoms with Crippen LogP contribution in [0.1, 0.15) is 27.7 Å². The molecule has 0 aliphatic carbocycles. The molecule has 5 nitrogen and oxygen atoms in total. The van der Waals surface area contributed by atoms with E-state index in [-0.39, 0.29) is 0 Å².